The molecule has 112 valence electrons. The van der Waals surface area contributed by atoms with Gasteiger partial charge in [-0.15, -0.1) is 0 Å². The molecular formula is C14H20F2N2O2. The van der Waals surface area contributed by atoms with Gasteiger partial charge in [-0.2, -0.15) is 8.78 Å². The Hall–Kier alpha value is -1.69. The molecule has 6 heteroatoms. The van der Waals surface area contributed by atoms with E-state index in [9.17, 15) is 13.6 Å². The second kappa shape index (κ2) is 8.47. The normalized spacial score (nSPS) is 10.9. The molecule has 0 heterocycles. The molecule has 0 aliphatic heterocycles. The number of hydrogen-bond donors (Lipinski definition) is 2. The summed E-state index contributed by atoms with van der Waals surface area (Å²) < 4.78 is 28.2. The molecule has 0 saturated carbocycles. The Morgan fingerprint density at radius 3 is 2.45 bits per heavy atom. The molecule has 0 aliphatic rings. The smallest absolute Gasteiger partial charge is 0.387 e. The quantitative estimate of drug-likeness (QED) is 0.770. The molecule has 0 atom stereocenters. The highest BCUT2D eigenvalue weighted by atomic mass is 19.3. The molecule has 1 aromatic rings. The molecule has 4 nitrogen and oxygen atoms in total. The van der Waals surface area contributed by atoms with Crippen molar-refractivity contribution in [2.24, 2.45) is 5.92 Å². The van der Waals surface area contributed by atoms with Crippen molar-refractivity contribution in [1.82, 2.24) is 10.6 Å². The molecule has 0 aliphatic carbocycles. The third-order valence-corrected chi connectivity index (χ3v) is 2.47. The molecular weight excluding hydrogens is 266 g/mol. The first kappa shape index (κ1) is 16.4. The molecule has 0 aromatic heterocycles. The number of alkyl halides is 2. The van der Waals surface area contributed by atoms with Gasteiger partial charge in [-0.3, -0.25) is 4.79 Å². The number of halogens is 2. The number of benzene rings is 1. The van der Waals surface area contributed by atoms with Crippen molar-refractivity contribution < 1.29 is 18.3 Å². The number of amides is 1. The number of ether oxygens (including phenoxy) is 1. The zero-order valence-electron chi connectivity index (χ0n) is 11.7. The van der Waals surface area contributed by atoms with Crippen LogP contribution in [0, 0.1) is 5.92 Å². The summed E-state index contributed by atoms with van der Waals surface area (Å²) in [7, 11) is 0. The summed E-state index contributed by atoms with van der Waals surface area (Å²) in [6.45, 7) is 2.60. The fourth-order valence-electron chi connectivity index (χ4n) is 1.49. The summed E-state index contributed by atoms with van der Waals surface area (Å²) in [5.74, 6) is 0.483. The van der Waals surface area contributed by atoms with E-state index in [1.165, 1.54) is 12.1 Å². The van der Waals surface area contributed by atoms with Crippen LogP contribution >= 0.6 is 0 Å². The Bertz CT molecular complexity index is 408. The molecule has 0 bridgehead atoms. The summed E-state index contributed by atoms with van der Waals surface area (Å²) in [6.07, 6.45) is 0. The van der Waals surface area contributed by atoms with Crippen LogP contribution < -0.4 is 15.4 Å². The first-order chi connectivity index (χ1) is 9.47. The van der Waals surface area contributed by atoms with Crippen LogP contribution in [0.25, 0.3) is 0 Å². The molecule has 0 fully saturated rings. The van der Waals surface area contributed by atoms with Crippen LogP contribution in [-0.2, 0) is 11.3 Å². The van der Waals surface area contributed by atoms with Gasteiger partial charge in [-0.05, 0) is 23.6 Å². The summed E-state index contributed by atoms with van der Waals surface area (Å²) in [5.41, 5.74) is 0.892. The van der Waals surface area contributed by atoms with E-state index in [0.29, 0.717) is 19.0 Å². The zero-order chi connectivity index (χ0) is 15.0. The lowest BCUT2D eigenvalue weighted by Crippen LogP contribution is -2.35. The lowest BCUT2D eigenvalue weighted by molar-refractivity contribution is -0.120. The third-order valence-electron chi connectivity index (χ3n) is 2.47. The molecule has 0 unspecified atom stereocenters. The van der Waals surface area contributed by atoms with Gasteiger partial charge in [0.1, 0.15) is 5.75 Å². The topological polar surface area (TPSA) is 50.4 Å². The summed E-state index contributed by atoms with van der Waals surface area (Å²) in [4.78, 5) is 11.4. The number of carbonyl (C=O) groups is 1. The summed E-state index contributed by atoms with van der Waals surface area (Å²) >= 11 is 0. The minimum absolute atomic E-state index is 0.0589. The van der Waals surface area contributed by atoms with Gasteiger partial charge in [0, 0.05) is 13.1 Å². The molecule has 0 radical (unpaired) electrons. The van der Waals surface area contributed by atoms with E-state index in [2.05, 4.69) is 15.4 Å². The van der Waals surface area contributed by atoms with Gasteiger partial charge in [-0.1, -0.05) is 26.0 Å². The van der Waals surface area contributed by atoms with Crippen LogP contribution in [0.5, 0.6) is 5.75 Å². The first-order valence-electron chi connectivity index (χ1n) is 6.48. The Morgan fingerprint density at radius 2 is 1.90 bits per heavy atom. The Balaban J connectivity index is 2.26. The lowest BCUT2D eigenvalue weighted by atomic mass is 10.2. The highest BCUT2D eigenvalue weighted by Gasteiger charge is 2.04. The van der Waals surface area contributed by atoms with Crippen LogP contribution in [0.1, 0.15) is 19.4 Å². The second-order valence-corrected chi connectivity index (χ2v) is 4.82. The SMILES string of the molecule is CC(C)CNC(=O)CNCc1ccc(OC(F)F)cc1. The summed E-state index contributed by atoms with van der Waals surface area (Å²) in [5, 5.41) is 5.78. The van der Waals surface area contributed by atoms with E-state index in [4.69, 9.17) is 0 Å². The fraction of sp³-hybridized carbons (Fsp3) is 0.500. The maximum Gasteiger partial charge on any atom is 0.387 e. The molecule has 2 N–H and O–H groups in total. The van der Waals surface area contributed by atoms with Gasteiger partial charge < -0.3 is 15.4 Å². The van der Waals surface area contributed by atoms with E-state index in [1.807, 2.05) is 13.8 Å². The van der Waals surface area contributed by atoms with Crippen LogP contribution in [0.15, 0.2) is 24.3 Å². The second-order valence-electron chi connectivity index (χ2n) is 4.82. The molecule has 1 rings (SSSR count). The molecule has 1 aromatic carbocycles. The van der Waals surface area contributed by atoms with Crippen LogP contribution in [0.3, 0.4) is 0 Å². The number of hydrogen-bond acceptors (Lipinski definition) is 3. The van der Waals surface area contributed by atoms with Crippen LogP contribution in [0.2, 0.25) is 0 Å². The summed E-state index contributed by atoms with van der Waals surface area (Å²) in [6, 6.07) is 6.30. The molecule has 0 saturated heterocycles. The monoisotopic (exact) mass is 286 g/mol. The average molecular weight is 286 g/mol. The van der Waals surface area contributed by atoms with Gasteiger partial charge in [0.05, 0.1) is 6.54 Å². The zero-order valence-corrected chi connectivity index (χ0v) is 11.7. The van der Waals surface area contributed by atoms with Gasteiger partial charge >= 0.3 is 6.61 Å². The minimum atomic E-state index is -2.82. The van der Waals surface area contributed by atoms with E-state index in [-0.39, 0.29) is 18.2 Å². The number of carbonyl (C=O) groups excluding carboxylic acids is 1. The first-order valence-corrected chi connectivity index (χ1v) is 6.48. The average Bonchev–Trinajstić information content (AvgIpc) is 2.38. The lowest BCUT2D eigenvalue weighted by Gasteiger charge is -2.09. The predicted molar refractivity (Wildman–Crippen MR) is 72.6 cm³/mol. The van der Waals surface area contributed by atoms with E-state index >= 15 is 0 Å². The number of nitrogens with one attached hydrogen (secondary N) is 2. The molecule has 1 amide bonds. The van der Waals surface area contributed by atoms with Crippen molar-refractivity contribution in [1.29, 1.82) is 0 Å². The molecule has 0 spiro atoms. The van der Waals surface area contributed by atoms with Crippen molar-refractivity contribution >= 4 is 5.91 Å². The van der Waals surface area contributed by atoms with Gasteiger partial charge in [0.2, 0.25) is 5.91 Å². The standard InChI is InChI=1S/C14H20F2N2O2/c1-10(2)7-18-13(19)9-17-8-11-3-5-12(6-4-11)20-14(15)16/h3-6,10,14,17H,7-9H2,1-2H3,(H,18,19). The van der Waals surface area contributed by atoms with Crippen LogP contribution in [-0.4, -0.2) is 25.6 Å². The number of rotatable bonds is 8. The van der Waals surface area contributed by atoms with Crippen molar-refractivity contribution in [3.8, 4) is 5.75 Å². The highest BCUT2D eigenvalue weighted by molar-refractivity contribution is 5.77. The minimum Gasteiger partial charge on any atom is -0.435 e. The van der Waals surface area contributed by atoms with Crippen molar-refractivity contribution in [3.05, 3.63) is 29.8 Å². The van der Waals surface area contributed by atoms with Gasteiger partial charge in [-0.25, -0.2) is 0 Å². The van der Waals surface area contributed by atoms with E-state index < -0.39 is 6.61 Å². The fourth-order valence-corrected chi connectivity index (χ4v) is 1.49. The highest BCUT2D eigenvalue weighted by Crippen LogP contribution is 2.14. The van der Waals surface area contributed by atoms with Gasteiger partial charge in [0.15, 0.2) is 0 Å². The Labute approximate surface area is 117 Å². The maximum atomic E-state index is 12.0. The third kappa shape index (κ3) is 7.04. The van der Waals surface area contributed by atoms with Crippen LogP contribution in [0.4, 0.5) is 8.78 Å². The predicted octanol–water partition coefficient (Wildman–Crippen LogP) is 2.15. The largest absolute Gasteiger partial charge is 0.435 e. The van der Waals surface area contributed by atoms with Crippen molar-refractivity contribution in [3.63, 3.8) is 0 Å². The Morgan fingerprint density at radius 1 is 1.25 bits per heavy atom. The van der Waals surface area contributed by atoms with E-state index in [0.717, 1.165) is 5.56 Å². The van der Waals surface area contributed by atoms with Gasteiger partial charge in [0.25, 0.3) is 0 Å². The van der Waals surface area contributed by atoms with E-state index in [1.54, 1.807) is 12.1 Å². The van der Waals surface area contributed by atoms with Crippen molar-refractivity contribution in [2.75, 3.05) is 13.1 Å². The maximum absolute atomic E-state index is 12.0. The Kier molecular flexibility index (Phi) is 6.93. The molecule has 20 heavy (non-hydrogen) atoms. The van der Waals surface area contributed by atoms with Crippen molar-refractivity contribution in [2.45, 2.75) is 27.0 Å².